The molecule has 1 heterocycles. The molecule has 2 nitrogen and oxygen atoms in total. The smallest absolute Gasteiger partial charge is 0.212 e. The van der Waals surface area contributed by atoms with Gasteiger partial charge in [-0.3, -0.25) is 0 Å². The molecule has 2 aliphatic rings. The van der Waals surface area contributed by atoms with E-state index in [4.69, 9.17) is 16.0 Å². The first-order chi connectivity index (χ1) is 7.24. The average Bonchev–Trinajstić information content (AvgIpc) is 2.93. The van der Waals surface area contributed by atoms with Crippen LogP contribution >= 0.6 is 11.6 Å². The maximum absolute atomic E-state index is 5.95. The minimum Gasteiger partial charge on any atom is -0.444 e. The van der Waals surface area contributed by atoms with Crippen molar-refractivity contribution in [1.29, 1.82) is 0 Å². The van der Waals surface area contributed by atoms with Crippen molar-refractivity contribution in [3.05, 3.63) is 17.8 Å². The second-order valence-electron chi connectivity index (χ2n) is 5.00. The van der Waals surface area contributed by atoms with Crippen molar-refractivity contribution in [2.75, 3.05) is 0 Å². The van der Waals surface area contributed by atoms with Crippen molar-refractivity contribution in [1.82, 2.24) is 4.98 Å². The van der Waals surface area contributed by atoms with Gasteiger partial charge in [-0.2, -0.15) is 0 Å². The summed E-state index contributed by atoms with van der Waals surface area (Å²) < 4.78 is 5.74. The van der Waals surface area contributed by atoms with Crippen LogP contribution in [0.4, 0.5) is 0 Å². The van der Waals surface area contributed by atoms with Gasteiger partial charge < -0.3 is 4.42 Å². The Labute approximate surface area is 95.0 Å². The van der Waals surface area contributed by atoms with Gasteiger partial charge in [0.25, 0.3) is 0 Å². The van der Waals surface area contributed by atoms with Gasteiger partial charge in [-0.1, -0.05) is 6.42 Å². The Kier molecular flexibility index (Phi) is 2.27. The first kappa shape index (κ1) is 9.71. The molecule has 3 rings (SSSR count). The molecule has 0 saturated heterocycles. The molecule has 82 valence electrons. The van der Waals surface area contributed by atoms with Crippen molar-refractivity contribution in [3.63, 3.8) is 0 Å². The van der Waals surface area contributed by atoms with E-state index in [2.05, 4.69) is 4.98 Å². The fourth-order valence-electron chi connectivity index (χ4n) is 3.25. The van der Waals surface area contributed by atoms with Gasteiger partial charge in [0.1, 0.15) is 11.1 Å². The molecule has 15 heavy (non-hydrogen) atoms. The standard InChI is InChI=1S/C12H16ClNO/c1-7(13)12-14-6-11(15-12)10-5-8-2-3-9(10)4-8/h6-10H,2-5H2,1H3. The van der Waals surface area contributed by atoms with Crippen molar-refractivity contribution in [2.45, 2.75) is 43.9 Å². The summed E-state index contributed by atoms with van der Waals surface area (Å²) in [5.74, 6) is 4.17. The Balaban J connectivity index is 1.81. The number of halogens is 1. The van der Waals surface area contributed by atoms with E-state index < -0.39 is 0 Å². The summed E-state index contributed by atoms with van der Waals surface area (Å²) in [6.45, 7) is 1.90. The molecule has 3 heteroatoms. The van der Waals surface area contributed by atoms with Crippen molar-refractivity contribution >= 4 is 11.6 Å². The lowest BCUT2D eigenvalue weighted by molar-refractivity contribution is 0.344. The highest BCUT2D eigenvalue weighted by atomic mass is 35.5. The highest BCUT2D eigenvalue weighted by Crippen LogP contribution is 2.53. The molecule has 1 aromatic rings. The highest BCUT2D eigenvalue weighted by molar-refractivity contribution is 6.20. The highest BCUT2D eigenvalue weighted by Gasteiger charge is 2.41. The molecule has 0 N–H and O–H groups in total. The third-order valence-electron chi connectivity index (χ3n) is 3.99. The molecule has 2 bridgehead atoms. The van der Waals surface area contributed by atoms with E-state index in [1.165, 1.54) is 25.7 Å². The number of nitrogens with zero attached hydrogens (tertiary/aromatic N) is 1. The SMILES string of the molecule is CC(Cl)c1ncc(C2CC3CCC2C3)o1. The zero-order chi connectivity index (χ0) is 10.4. The van der Waals surface area contributed by atoms with Crippen LogP contribution in [0, 0.1) is 11.8 Å². The molecule has 0 spiro atoms. The fourth-order valence-corrected chi connectivity index (χ4v) is 3.35. The summed E-state index contributed by atoms with van der Waals surface area (Å²) in [5, 5.41) is -0.114. The largest absolute Gasteiger partial charge is 0.444 e. The lowest BCUT2D eigenvalue weighted by Gasteiger charge is -2.18. The predicted octanol–water partition coefficient (Wildman–Crippen LogP) is 3.88. The Morgan fingerprint density at radius 1 is 1.47 bits per heavy atom. The number of fused-ring (bicyclic) bond motifs is 2. The number of oxazole rings is 1. The van der Waals surface area contributed by atoms with Crippen LogP contribution in [0.15, 0.2) is 10.6 Å². The minimum absolute atomic E-state index is 0.114. The van der Waals surface area contributed by atoms with Crippen molar-refractivity contribution in [2.24, 2.45) is 11.8 Å². The molecule has 2 saturated carbocycles. The van der Waals surface area contributed by atoms with E-state index in [1.54, 1.807) is 0 Å². The van der Waals surface area contributed by atoms with Crippen LogP contribution in [0.2, 0.25) is 0 Å². The quantitative estimate of drug-likeness (QED) is 0.714. The van der Waals surface area contributed by atoms with Crippen LogP contribution in [0.3, 0.4) is 0 Å². The fraction of sp³-hybridized carbons (Fsp3) is 0.750. The zero-order valence-corrected chi connectivity index (χ0v) is 9.70. The van der Waals surface area contributed by atoms with Crippen LogP contribution in [0.25, 0.3) is 0 Å². The van der Waals surface area contributed by atoms with Crippen LogP contribution in [-0.2, 0) is 0 Å². The number of alkyl halides is 1. The Bertz CT molecular complexity index is 360. The van der Waals surface area contributed by atoms with Crippen LogP contribution in [0.1, 0.15) is 55.6 Å². The molecule has 0 amide bonds. The van der Waals surface area contributed by atoms with Crippen LogP contribution in [-0.4, -0.2) is 4.98 Å². The van der Waals surface area contributed by atoms with Gasteiger partial charge in [0.2, 0.25) is 5.89 Å². The molecule has 0 aliphatic heterocycles. The summed E-state index contributed by atoms with van der Waals surface area (Å²) in [6.07, 6.45) is 7.39. The minimum atomic E-state index is -0.114. The molecule has 2 aliphatic carbocycles. The maximum atomic E-state index is 5.95. The Morgan fingerprint density at radius 2 is 2.33 bits per heavy atom. The number of aromatic nitrogens is 1. The van der Waals surface area contributed by atoms with E-state index in [9.17, 15) is 0 Å². The summed E-state index contributed by atoms with van der Waals surface area (Å²) in [5.41, 5.74) is 0. The summed E-state index contributed by atoms with van der Waals surface area (Å²) >= 11 is 5.95. The van der Waals surface area contributed by atoms with Crippen molar-refractivity contribution in [3.8, 4) is 0 Å². The van der Waals surface area contributed by atoms with E-state index >= 15 is 0 Å². The second kappa shape index (κ2) is 3.51. The van der Waals surface area contributed by atoms with Gasteiger partial charge in [-0.25, -0.2) is 4.98 Å². The maximum Gasteiger partial charge on any atom is 0.212 e. The third-order valence-corrected chi connectivity index (χ3v) is 4.17. The predicted molar refractivity (Wildman–Crippen MR) is 59.0 cm³/mol. The Hall–Kier alpha value is -0.500. The van der Waals surface area contributed by atoms with Gasteiger partial charge >= 0.3 is 0 Å². The van der Waals surface area contributed by atoms with Gasteiger partial charge in [0, 0.05) is 5.92 Å². The topological polar surface area (TPSA) is 26.0 Å². The van der Waals surface area contributed by atoms with Crippen molar-refractivity contribution < 1.29 is 4.42 Å². The first-order valence-electron chi connectivity index (χ1n) is 5.83. The van der Waals surface area contributed by atoms with Crippen LogP contribution in [0.5, 0.6) is 0 Å². The number of hydrogen-bond donors (Lipinski definition) is 0. The third kappa shape index (κ3) is 1.59. The van der Waals surface area contributed by atoms with E-state index in [0.717, 1.165) is 17.6 Å². The molecule has 1 aromatic heterocycles. The molecule has 2 fully saturated rings. The van der Waals surface area contributed by atoms with E-state index in [0.29, 0.717) is 11.8 Å². The lowest BCUT2D eigenvalue weighted by atomic mass is 9.87. The van der Waals surface area contributed by atoms with Gasteiger partial charge in [-0.05, 0) is 38.0 Å². The molecule has 0 radical (unpaired) electrons. The molecular formula is C12H16ClNO. The first-order valence-corrected chi connectivity index (χ1v) is 6.27. The molecule has 4 unspecified atom stereocenters. The Morgan fingerprint density at radius 3 is 2.87 bits per heavy atom. The summed E-state index contributed by atoms with van der Waals surface area (Å²) in [4.78, 5) is 4.25. The van der Waals surface area contributed by atoms with Gasteiger partial charge in [-0.15, -0.1) is 11.6 Å². The molecule has 0 aromatic carbocycles. The van der Waals surface area contributed by atoms with Gasteiger partial charge in [0.05, 0.1) is 6.20 Å². The van der Waals surface area contributed by atoms with E-state index in [1.807, 2.05) is 13.1 Å². The second-order valence-corrected chi connectivity index (χ2v) is 5.65. The average molecular weight is 226 g/mol. The van der Waals surface area contributed by atoms with E-state index in [-0.39, 0.29) is 5.38 Å². The normalized spacial score (nSPS) is 36.0. The van der Waals surface area contributed by atoms with Gasteiger partial charge in [0.15, 0.2) is 0 Å². The number of rotatable bonds is 2. The monoisotopic (exact) mass is 225 g/mol. The molecular weight excluding hydrogens is 210 g/mol. The number of hydrogen-bond acceptors (Lipinski definition) is 2. The van der Waals surface area contributed by atoms with Crippen LogP contribution < -0.4 is 0 Å². The molecule has 4 atom stereocenters. The zero-order valence-electron chi connectivity index (χ0n) is 8.95. The summed E-state index contributed by atoms with van der Waals surface area (Å²) in [7, 11) is 0. The lowest BCUT2D eigenvalue weighted by Crippen LogP contribution is -2.07. The summed E-state index contributed by atoms with van der Waals surface area (Å²) in [6, 6.07) is 0.